The van der Waals surface area contributed by atoms with Crippen LogP contribution < -0.4 is 20.9 Å². The second kappa shape index (κ2) is 10.7. The Morgan fingerprint density at radius 2 is 1.32 bits per heavy atom. The number of para-hydroxylation sites is 1. The molecule has 3 rings (SSSR count). The highest BCUT2D eigenvalue weighted by molar-refractivity contribution is 6.06. The lowest BCUT2D eigenvalue weighted by molar-refractivity contribution is -0.114. The number of nitrogens with one attached hydrogen (secondary N) is 3. The minimum Gasteiger partial charge on any atom is -0.376 e. The van der Waals surface area contributed by atoms with E-state index in [0.717, 1.165) is 11.4 Å². The van der Waals surface area contributed by atoms with Gasteiger partial charge in [0.05, 0.1) is 6.54 Å². The predicted octanol–water partition coefficient (Wildman–Crippen LogP) is 4.54. The van der Waals surface area contributed by atoms with Crippen LogP contribution in [-0.2, 0) is 4.79 Å². The Morgan fingerprint density at radius 1 is 0.765 bits per heavy atom. The van der Waals surface area contributed by atoms with Crippen LogP contribution in [0.15, 0.2) is 78.9 Å². The highest BCUT2D eigenvalue weighted by Crippen LogP contribution is 2.17. The molecule has 0 saturated carbocycles. The van der Waals surface area contributed by atoms with Crippen LogP contribution in [-0.4, -0.2) is 36.9 Å². The lowest BCUT2D eigenvalue weighted by Gasteiger charge is -2.20. The fourth-order valence-electron chi connectivity index (χ4n) is 3.20. The second-order valence-electron chi connectivity index (χ2n) is 8.96. The molecule has 0 aliphatic rings. The molecule has 0 heterocycles. The molecule has 0 fully saturated rings. The van der Waals surface area contributed by atoms with Crippen LogP contribution in [0.2, 0.25) is 0 Å². The molecule has 0 aliphatic carbocycles. The Hall–Kier alpha value is -4.13. The molecule has 0 atom stereocenters. The van der Waals surface area contributed by atoms with E-state index in [1.807, 2.05) is 51.1 Å². The molecular weight excluding hydrogens is 428 g/mol. The zero-order valence-corrected chi connectivity index (χ0v) is 19.9. The van der Waals surface area contributed by atoms with E-state index in [0.29, 0.717) is 16.8 Å². The maximum Gasteiger partial charge on any atom is 0.258 e. The molecule has 0 unspecified atom stereocenters. The highest BCUT2D eigenvalue weighted by Gasteiger charge is 2.15. The molecule has 3 aromatic carbocycles. The summed E-state index contributed by atoms with van der Waals surface area (Å²) in [7, 11) is 1.73. The van der Waals surface area contributed by atoms with Gasteiger partial charge in [-0.15, -0.1) is 0 Å². The van der Waals surface area contributed by atoms with E-state index >= 15 is 0 Å². The lowest BCUT2D eigenvalue weighted by Crippen LogP contribution is -2.40. The summed E-state index contributed by atoms with van der Waals surface area (Å²) in [6.45, 7) is 5.81. The van der Waals surface area contributed by atoms with Crippen LogP contribution in [0.5, 0.6) is 0 Å². The van der Waals surface area contributed by atoms with Gasteiger partial charge in [0.1, 0.15) is 0 Å². The third-order valence-corrected chi connectivity index (χ3v) is 4.95. The van der Waals surface area contributed by atoms with E-state index in [1.54, 1.807) is 60.5 Å². The number of amides is 3. The molecular formula is C27H30N4O3. The summed E-state index contributed by atoms with van der Waals surface area (Å²) >= 11 is 0. The normalized spacial score (nSPS) is 10.8. The molecule has 0 aliphatic heterocycles. The summed E-state index contributed by atoms with van der Waals surface area (Å²) in [6.07, 6.45) is 0. The number of hydrogen-bond donors (Lipinski definition) is 3. The van der Waals surface area contributed by atoms with Crippen LogP contribution in [0.1, 0.15) is 41.5 Å². The van der Waals surface area contributed by atoms with Gasteiger partial charge in [0.2, 0.25) is 5.91 Å². The van der Waals surface area contributed by atoms with Crippen molar-refractivity contribution in [1.29, 1.82) is 0 Å². The van der Waals surface area contributed by atoms with Gasteiger partial charge in [0.15, 0.2) is 0 Å². The van der Waals surface area contributed by atoms with Gasteiger partial charge in [-0.05, 0) is 81.4 Å². The maximum absolute atomic E-state index is 12.7. The zero-order valence-electron chi connectivity index (χ0n) is 19.9. The van der Waals surface area contributed by atoms with E-state index < -0.39 is 0 Å². The van der Waals surface area contributed by atoms with Crippen molar-refractivity contribution in [2.24, 2.45) is 0 Å². The summed E-state index contributed by atoms with van der Waals surface area (Å²) in [5.41, 5.74) is 2.90. The van der Waals surface area contributed by atoms with Gasteiger partial charge in [-0.25, -0.2) is 0 Å². The molecule has 3 aromatic rings. The third kappa shape index (κ3) is 6.93. The van der Waals surface area contributed by atoms with E-state index in [1.165, 1.54) is 0 Å². The number of anilines is 3. The monoisotopic (exact) mass is 458 g/mol. The summed E-state index contributed by atoms with van der Waals surface area (Å²) in [5, 5.41) is 8.74. The molecule has 0 saturated heterocycles. The summed E-state index contributed by atoms with van der Waals surface area (Å²) in [4.78, 5) is 38.8. The first-order valence-electron chi connectivity index (χ1n) is 11.0. The first-order chi connectivity index (χ1) is 16.1. The molecule has 0 bridgehead atoms. The van der Waals surface area contributed by atoms with Gasteiger partial charge < -0.3 is 20.9 Å². The fourth-order valence-corrected chi connectivity index (χ4v) is 3.20. The highest BCUT2D eigenvalue weighted by atomic mass is 16.2. The number of rotatable bonds is 7. The van der Waals surface area contributed by atoms with E-state index in [9.17, 15) is 14.4 Å². The van der Waals surface area contributed by atoms with Crippen molar-refractivity contribution < 1.29 is 14.4 Å². The van der Waals surface area contributed by atoms with E-state index in [-0.39, 0.29) is 29.8 Å². The average Bonchev–Trinajstić information content (AvgIpc) is 2.82. The molecule has 0 aromatic heterocycles. The minimum absolute atomic E-state index is 0.0590. The van der Waals surface area contributed by atoms with Crippen molar-refractivity contribution in [3.8, 4) is 0 Å². The van der Waals surface area contributed by atoms with E-state index in [4.69, 9.17) is 0 Å². The zero-order chi connectivity index (χ0) is 24.7. The maximum atomic E-state index is 12.7. The number of nitrogens with zero attached hydrogens (tertiary/aromatic N) is 1. The molecule has 34 heavy (non-hydrogen) atoms. The Kier molecular flexibility index (Phi) is 7.68. The number of carbonyl (C=O) groups excluding carboxylic acids is 3. The van der Waals surface area contributed by atoms with Crippen LogP contribution in [0.4, 0.5) is 17.1 Å². The minimum atomic E-state index is -0.320. The van der Waals surface area contributed by atoms with Crippen molar-refractivity contribution in [3.63, 3.8) is 0 Å². The van der Waals surface area contributed by atoms with Gasteiger partial charge in [0.25, 0.3) is 11.8 Å². The molecule has 7 nitrogen and oxygen atoms in total. The third-order valence-electron chi connectivity index (χ3n) is 4.95. The quantitative estimate of drug-likeness (QED) is 0.485. The number of hydrogen-bond acceptors (Lipinski definition) is 4. The Balaban J connectivity index is 1.50. The molecule has 3 N–H and O–H groups in total. The van der Waals surface area contributed by atoms with Crippen molar-refractivity contribution in [2.45, 2.75) is 26.3 Å². The Bertz CT molecular complexity index is 1140. The first kappa shape index (κ1) is 24.5. The van der Waals surface area contributed by atoms with Crippen molar-refractivity contribution in [2.75, 3.05) is 29.1 Å². The number of benzene rings is 3. The fraction of sp³-hybridized carbons (Fsp3) is 0.222. The van der Waals surface area contributed by atoms with Gasteiger partial charge in [-0.2, -0.15) is 0 Å². The van der Waals surface area contributed by atoms with Crippen LogP contribution in [0, 0.1) is 0 Å². The van der Waals surface area contributed by atoms with Gasteiger partial charge in [-0.1, -0.05) is 18.2 Å². The average molecular weight is 459 g/mol. The lowest BCUT2D eigenvalue weighted by atomic mass is 10.1. The SMILES string of the molecule is CN(C(=O)c1ccc(NCC(=O)Nc2ccc(C(=O)NC(C)(C)C)cc2)cc1)c1ccccc1. The predicted molar refractivity (Wildman–Crippen MR) is 136 cm³/mol. The summed E-state index contributed by atoms with van der Waals surface area (Å²) < 4.78 is 0. The van der Waals surface area contributed by atoms with Crippen molar-refractivity contribution in [3.05, 3.63) is 90.0 Å². The molecule has 176 valence electrons. The van der Waals surface area contributed by atoms with Gasteiger partial charge in [0, 0.05) is 40.8 Å². The molecule has 0 radical (unpaired) electrons. The van der Waals surface area contributed by atoms with Crippen molar-refractivity contribution in [1.82, 2.24) is 5.32 Å². The van der Waals surface area contributed by atoms with Crippen LogP contribution in [0.3, 0.4) is 0 Å². The summed E-state index contributed by atoms with van der Waals surface area (Å²) in [6, 6.07) is 23.1. The molecule has 3 amide bonds. The smallest absolute Gasteiger partial charge is 0.258 e. The van der Waals surface area contributed by atoms with Gasteiger partial charge >= 0.3 is 0 Å². The Morgan fingerprint density at radius 3 is 1.91 bits per heavy atom. The molecule has 0 spiro atoms. The first-order valence-corrected chi connectivity index (χ1v) is 11.0. The van der Waals surface area contributed by atoms with E-state index in [2.05, 4.69) is 16.0 Å². The summed E-state index contributed by atoms with van der Waals surface area (Å²) in [5.74, 6) is -0.505. The standard InChI is InChI=1S/C27H30N4O3/c1-27(2,3)30-25(33)19-10-16-22(17-11-19)29-24(32)18-28-21-14-12-20(13-15-21)26(34)31(4)23-8-6-5-7-9-23/h5-17,28H,18H2,1-4H3,(H,29,32)(H,30,33). The van der Waals surface area contributed by atoms with Crippen molar-refractivity contribution >= 4 is 34.8 Å². The largest absolute Gasteiger partial charge is 0.376 e. The van der Waals surface area contributed by atoms with Crippen LogP contribution in [0.25, 0.3) is 0 Å². The second-order valence-corrected chi connectivity index (χ2v) is 8.96. The Labute approximate surface area is 200 Å². The van der Waals surface area contributed by atoms with Crippen LogP contribution >= 0.6 is 0 Å². The van der Waals surface area contributed by atoms with Gasteiger partial charge in [-0.3, -0.25) is 14.4 Å². The topological polar surface area (TPSA) is 90.5 Å². The molecule has 7 heteroatoms. The number of carbonyl (C=O) groups is 3.